The molecule has 0 fully saturated rings. The maximum Gasteiger partial charge on any atom is 0.106 e. The number of hydrogen-bond acceptors (Lipinski definition) is 2. The predicted octanol–water partition coefficient (Wildman–Crippen LogP) is 3.51. The van der Waals surface area contributed by atoms with Gasteiger partial charge in [0, 0.05) is 5.56 Å². The van der Waals surface area contributed by atoms with Crippen molar-refractivity contribution in [3.05, 3.63) is 58.5 Å². The van der Waals surface area contributed by atoms with E-state index in [1.165, 1.54) is 16.7 Å². The Morgan fingerprint density at radius 3 is 2.12 bits per heavy atom. The lowest BCUT2D eigenvalue weighted by Crippen LogP contribution is -2.18. The van der Waals surface area contributed by atoms with Gasteiger partial charge in [-0.25, -0.2) is 0 Å². The highest BCUT2D eigenvalue weighted by atomic mass is 16.3. The van der Waals surface area contributed by atoms with Crippen molar-refractivity contribution in [1.82, 2.24) is 5.32 Å². The maximum atomic E-state index is 5.71. The molecule has 0 bridgehead atoms. The second kappa shape index (κ2) is 4.76. The van der Waals surface area contributed by atoms with Crippen LogP contribution in [0.3, 0.4) is 0 Å². The average Bonchev–Trinajstić information content (AvgIpc) is 2.58. The van der Waals surface area contributed by atoms with Crippen LogP contribution in [0.15, 0.2) is 34.7 Å². The lowest BCUT2D eigenvalue weighted by atomic mass is 9.96. The summed E-state index contributed by atoms with van der Waals surface area (Å²) in [5.74, 6) is 2.01. The molecule has 0 aliphatic heterocycles. The smallest absolute Gasteiger partial charge is 0.106 e. The summed E-state index contributed by atoms with van der Waals surface area (Å²) in [6.07, 6.45) is 0. The molecule has 0 spiro atoms. The van der Waals surface area contributed by atoms with Gasteiger partial charge in [-0.05, 0) is 38.9 Å². The molecule has 1 aromatic heterocycles. The van der Waals surface area contributed by atoms with Gasteiger partial charge in [-0.1, -0.05) is 30.3 Å². The highest BCUT2D eigenvalue weighted by Gasteiger charge is 2.20. The van der Waals surface area contributed by atoms with E-state index in [4.69, 9.17) is 4.42 Å². The molecule has 2 heteroatoms. The van der Waals surface area contributed by atoms with E-state index in [-0.39, 0.29) is 6.04 Å². The van der Waals surface area contributed by atoms with Crippen molar-refractivity contribution in [1.29, 1.82) is 0 Å². The number of aryl methyl sites for hydroxylation is 2. The van der Waals surface area contributed by atoms with Crippen molar-refractivity contribution in [2.24, 2.45) is 0 Å². The fourth-order valence-electron chi connectivity index (χ4n) is 2.36. The normalized spacial score (nSPS) is 12.7. The number of rotatable bonds is 3. The van der Waals surface area contributed by atoms with Gasteiger partial charge in [0.05, 0.1) is 6.04 Å². The minimum absolute atomic E-state index is 0.202. The minimum atomic E-state index is 0.202. The number of hydrogen-bond donors (Lipinski definition) is 1. The highest BCUT2D eigenvalue weighted by Crippen LogP contribution is 2.30. The van der Waals surface area contributed by atoms with Crippen LogP contribution in [0.25, 0.3) is 0 Å². The Balaban J connectivity index is 2.50. The van der Waals surface area contributed by atoms with Gasteiger partial charge in [-0.3, -0.25) is 0 Å². The van der Waals surface area contributed by atoms with Crippen LogP contribution >= 0.6 is 0 Å². The Morgan fingerprint density at radius 1 is 1.00 bits per heavy atom. The van der Waals surface area contributed by atoms with E-state index in [0.717, 1.165) is 11.5 Å². The molecule has 0 amide bonds. The largest absolute Gasteiger partial charge is 0.466 e. The Hall–Kier alpha value is -1.54. The van der Waals surface area contributed by atoms with Gasteiger partial charge in [-0.15, -0.1) is 0 Å². The molecule has 0 saturated heterocycles. The van der Waals surface area contributed by atoms with Crippen LogP contribution in [-0.2, 0) is 0 Å². The molecule has 1 aromatic carbocycles. The van der Waals surface area contributed by atoms with E-state index in [0.29, 0.717) is 0 Å². The summed E-state index contributed by atoms with van der Waals surface area (Å²) in [4.78, 5) is 0. The van der Waals surface area contributed by atoms with Gasteiger partial charge in [-0.2, -0.15) is 0 Å². The third-order valence-corrected chi connectivity index (χ3v) is 3.33. The molecule has 0 saturated carbocycles. The molecular formula is C15H19NO. The van der Waals surface area contributed by atoms with Gasteiger partial charge in [0.15, 0.2) is 0 Å². The zero-order chi connectivity index (χ0) is 12.4. The fourth-order valence-corrected chi connectivity index (χ4v) is 2.36. The molecule has 1 heterocycles. The van der Waals surface area contributed by atoms with Gasteiger partial charge in [0.2, 0.25) is 0 Å². The first-order valence-electron chi connectivity index (χ1n) is 5.93. The Labute approximate surface area is 103 Å². The van der Waals surface area contributed by atoms with E-state index in [1.807, 2.05) is 27.0 Å². The second-order valence-corrected chi connectivity index (χ2v) is 4.39. The average molecular weight is 229 g/mol. The van der Waals surface area contributed by atoms with Crippen molar-refractivity contribution in [3.63, 3.8) is 0 Å². The molecule has 0 radical (unpaired) electrons. The van der Waals surface area contributed by atoms with Crippen LogP contribution in [0, 0.1) is 20.8 Å². The van der Waals surface area contributed by atoms with Crippen LogP contribution in [0.2, 0.25) is 0 Å². The van der Waals surface area contributed by atoms with Crippen LogP contribution in [0.4, 0.5) is 0 Å². The SMILES string of the molecule is CNC(c1ccccc1)c1c(C)oc(C)c1C. The third kappa shape index (κ3) is 2.13. The first-order valence-corrected chi connectivity index (χ1v) is 5.93. The summed E-state index contributed by atoms with van der Waals surface area (Å²) in [5.41, 5.74) is 3.77. The molecule has 1 atom stereocenters. The Morgan fingerprint density at radius 2 is 1.65 bits per heavy atom. The zero-order valence-electron chi connectivity index (χ0n) is 10.9. The van der Waals surface area contributed by atoms with Crippen LogP contribution in [0.5, 0.6) is 0 Å². The Bertz CT molecular complexity index is 499. The molecule has 90 valence electrons. The van der Waals surface area contributed by atoms with Crippen molar-refractivity contribution in [3.8, 4) is 0 Å². The van der Waals surface area contributed by atoms with Crippen LogP contribution < -0.4 is 5.32 Å². The van der Waals surface area contributed by atoms with E-state index >= 15 is 0 Å². The van der Waals surface area contributed by atoms with E-state index < -0.39 is 0 Å². The molecule has 2 rings (SSSR count). The lowest BCUT2D eigenvalue weighted by molar-refractivity contribution is 0.495. The summed E-state index contributed by atoms with van der Waals surface area (Å²) in [5, 5.41) is 3.37. The molecular weight excluding hydrogens is 210 g/mol. The zero-order valence-corrected chi connectivity index (χ0v) is 10.9. The van der Waals surface area contributed by atoms with E-state index in [1.54, 1.807) is 0 Å². The number of benzene rings is 1. The topological polar surface area (TPSA) is 25.2 Å². The van der Waals surface area contributed by atoms with Gasteiger partial charge in [0.1, 0.15) is 11.5 Å². The van der Waals surface area contributed by atoms with Crippen molar-refractivity contribution in [2.75, 3.05) is 7.05 Å². The minimum Gasteiger partial charge on any atom is -0.466 e. The number of nitrogens with one attached hydrogen (secondary N) is 1. The second-order valence-electron chi connectivity index (χ2n) is 4.39. The predicted molar refractivity (Wildman–Crippen MR) is 70.3 cm³/mol. The van der Waals surface area contributed by atoms with Crippen molar-refractivity contribution < 1.29 is 4.42 Å². The quantitative estimate of drug-likeness (QED) is 0.871. The highest BCUT2D eigenvalue weighted by molar-refractivity contribution is 5.40. The third-order valence-electron chi connectivity index (χ3n) is 3.33. The molecule has 0 aliphatic rings. The molecule has 2 nitrogen and oxygen atoms in total. The summed E-state index contributed by atoms with van der Waals surface area (Å²) in [6, 6.07) is 10.7. The fraction of sp³-hybridized carbons (Fsp3) is 0.333. The summed E-state index contributed by atoms with van der Waals surface area (Å²) >= 11 is 0. The molecule has 2 aromatic rings. The van der Waals surface area contributed by atoms with Crippen molar-refractivity contribution in [2.45, 2.75) is 26.8 Å². The molecule has 1 unspecified atom stereocenters. The standard InChI is InChI=1S/C15H19NO/c1-10-11(2)17-12(3)14(10)15(16-4)13-8-6-5-7-9-13/h5-9,15-16H,1-4H3. The summed E-state index contributed by atoms with van der Waals surface area (Å²) in [7, 11) is 1.98. The van der Waals surface area contributed by atoms with Gasteiger partial charge in [0.25, 0.3) is 0 Å². The Kier molecular flexibility index (Phi) is 3.34. The van der Waals surface area contributed by atoms with Crippen LogP contribution in [-0.4, -0.2) is 7.05 Å². The maximum absolute atomic E-state index is 5.71. The summed E-state index contributed by atoms with van der Waals surface area (Å²) < 4.78 is 5.71. The van der Waals surface area contributed by atoms with E-state index in [2.05, 4.69) is 36.5 Å². The lowest BCUT2D eigenvalue weighted by Gasteiger charge is -2.17. The first kappa shape index (κ1) is 11.9. The summed E-state index contributed by atoms with van der Waals surface area (Å²) in [6.45, 7) is 6.17. The van der Waals surface area contributed by atoms with Crippen molar-refractivity contribution >= 4 is 0 Å². The molecule has 17 heavy (non-hydrogen) atoms. The van der Waals surface area contributed by atoms with Gasteiger partial charge >= 0.3 is 0 Å². The van der Waals surface area contributed by atoms with Gasteiger partial charge < -0.3 is 9.73 Å². The number of furan rings is 1. The molecule has 0 aliphatic carbocycles. The first-order chi connectivity index (χ1) is 8.15. The monoisotopic (exact) mass is 229 g/mol. The molecule has 1 N–H and O–H groups in total. The van der Waals surface area contributed by atoms with Crippen LogP contribution in [0.1, 0.15) is 34.3 Å². The van der Waals surface area contributed by atoms with E-state index in [9.17, 15) is 0 Å².